The molecule has 20 heavy (non-hydrogen) atoms. The molecular weight excluding hydrogens is 324 g/mol. The standard InChI is InChI=1S/C14H13BrN2O3/c15-11-5-3-10(4-6-11)12(18)2-1-8-17-9-7-13(19)16-14(17)20/h3-7,9H,1-2,8H2,(H,16,19,20). The summed E-state index contributed by atoms with van der Waals surface area (Å²) in [6, 6.07) is 8.45. The first kappa shape index (κ1) is 14.5. The van der Waals surface area contributed by atoms with Crippen LogP contribution in [0.25, 0.3) is 0 Å². The molecule has 0 saturated heterocycles. The van der Waals surface area contributed by atoms with E-state index in [1.807, 2.05) is 12.1 Å². The van der Waals surface area contributed by atoms with Crippen LogP contribution in [0, 0.1) is 0 Å². The van der Waals surface area contributed by atoms with Crippen molar-refractivity contribution in [1.29, 1.82) is 0 Å². The van der Waals surface area contributed by atoms with Crippen molar-refractivity contribution in [3.05, 3.63) is 67.4 Å². The predicted molar refractivity (Wildman–Crippen MR) is 79.0 cm³/mol. The number of hydrogen-bond donors (Lipinski definition) is 1. The van der Waals surface area contributed by atoms with E-state index in [4.69, 9.17) is 0 Å². The highest BCUT2D eigenvalue weighted by Crippen LogP contribution is 2.12. The number of nitrogens with one attached hydrogen (secondary N) is 1. The molecule has 2 aromatic rings. The Bertz CT molecular complexity index is 716. The zero-order valence-corrected chi connectivity index (χ0v) is 12.2. The van der Waals surface area contributed by atoms with Crippen LogP contribution in [0.3, 0.4) is 0 Å². The van der Waals surface area contributed by atoms with Crippen molar-refractivity contribution in [3.8, 4) is 0 Å². The zero-order chi connectivity index (χ0) is 14.5. The fourth-order valence-corrected chi connectivity index (χ4v) is 2.07. The van der Waals surface area contributed by atoms with Crippen molar-refractivity contribution >= 4 is 21.7 Å². The van der Waals surface area contributed by atoms with Crippen molar-refractivity contribution in [2.75, 3.05) is 0 Å². The highest BCUT2D eigenvalue weighted by Gasteiger charge is 2.06. The Hall–Kier alpha value is -1.95. The second kappa shape index (κ2) is 6.47. The number of hydrogen-bond acceptors (Lipinski definition) is 3. The third kappa shape index (κ3) is 3.77. The lowest BCUT2D eigenvalue weighted by Crippen LogP contribution is -2.28. The van der Waals surface area contributed by atoms with E-state index >= 15 is 0 Å². The van der Waals surface area contributed by atoms with Crippen LogP contribution >= 0.6 is 15.9 Å². The van der Waals surface area contributed by atoms with Gasteiger partial charge in [-0.25, -0.2) is 4.79 Å². The minimum absolute atomic E-state index is 0.0370. The molecule has 0 aliphatic heterocycles. The molecule has 0 atom stereocenters. The first-order valence-electron chi connectivity index (χ1n) is 6.15. The summed E-state index contributed by atoms with van der Waals surface area (Å²) in [6.07, 6.45) is 2.33. The lowest BCUT2D eigenvalue weighted by atomic mass is 10.1. The van der Waals surface area contributed by atoms with Gasteiger partial charge in [0, 0.05) is 35.3 Å². The molecule has 0 saturated carbocycles. The number of aromatic amines is 1. The molecule has 1 aromatic carbocycles. The van der Waals surface area contributed by atoms with E-state index in [-0.39, 0.29) is 5.78 Å². The minimum atomic E-state index is -0.450. The highest BCUT2D eigenvalue weighted by atomic mass is 79.9. The van der Waals surface area contributed by atoms with Crippen molar-refractivity contribution in [2.45, 2.75) is 19.4 Å². The molecule has 0 aliphatic carbocycles. The van der Waals surface area contributed by atoms with Gasteiger partial charge in [0.25, 0.3) is 5.56 Å². The third-order valence-corrected chi connectivity index (χ3v) is 3.39. The Labute approximate surface area is 123 Å². The topological polar surface area (TPSA) is 71.9 Å². The quantitative estimate of drug-likeness (QED) is 0.848. The van der Waals surface area contributed by atoms with Crippen LogP contribution < -0.4 is 11.2 Å². The predicted octanol–water partition coefficient (Wildman–Crippen LogP) is 1.96. The summed E-state index contributed by atoms with van der Waals surface area (Å²) in [7, 11) is 0. The summed E-state index contributed by atoms with van der Waals surface area (Å²) in [4.78, 5) is 36.5. The van der Waals surface area contributed by atoms with E-state index in [0.29, 0.717) is 24.9 Å². The molecule has 6 heteroatoms. The first-order chi connectivity index (χ1) is 9.56. The van der Waals surface area contributed by atoms with Crippen LogP contribution in [0.1, 0.15) is 23.2 Å². The van der Waals surface area contributed by atoms with Crippen LogP contribution in [-0.4, -0.2) is 15.3 Å². The Morgan fingerprint density at radius 3 is 2.50 bits per heavy atom. The van der Waals surface area contributed by atoms with Crippen molar-refractivity contribution in [2.24, 2.45) is 0 Å². The number of Topliss-reactive ketones (excluding diaryl/α,β-unsaturated/α-hetero) is 1. The molecule has 2 rings (SSSR count). The lowest BCUT2D eigenvalue weighted by Gasteiger charge is -2.04. The number of ketones is 1. The van der Waals surface area contributed by atoms with Crippen LogP contribution in [0.15, 0.2) is 50.6 Å². The second-order valence-electron chi connectivity index (χ2n) is 4.34. The number of aryl methyl sites for hydroxylation is 1. The molecule has 0 aliphatic rings. The average Bonchev–Trinajstić information content (AvgIpc) is 2.42. The van der Waals surface area contributed by atoms with Gasteiger partial charge in [0.2, 0.25) is 0 Å². The molecular formula is C14H13BrN2O3. The van der Waals surface area contributed by atoms with Gasteiger partial charge in [-0.1, -0.05) is 28.1 Å². The van der Waals surface area contributed by atoms with E-state index in [2.05, 4.69) is 20.9 Å². The van der Waals surface area contributed by atoms with E-state index in [1.165, 1.54) is 16.8 Å². The number of nitrogens with zero attached hydrogens (tertiary/aromatic N) is 1. The maximum absolute atomic E-state index is 11.9. The van der Waals surface area contributed by atoms with Gasteiger partial charge in [-0.15, -0.1) is 0 Å². The Kier molecular flexibility index (Phi) is 4.68. The maximum Gasteiger partial charge on any atom is 0.328 e. The summed E-state index contributed by atoms with van der Waals surface area (Å²) in [5, 5.41) is 0. The van der Waals surface area contributed by atoms with Gasteiger partial charge < -0.3 is 4.57 Å². The first-order valence-corrected chi connectivity index (χ1v) is 6.94. The number of halogens is 1. The summed E-state index contributed by atoms with van der Waals surface area (Å²) in [5.74, 6) is 0.0370. The van der Waals surface area contributed by atoms with Gasteiger partial charge in [0.1, 0.15) is 0 Å². The van der Waals surface area contributed by atoms with Gasteiger partial charge in [-0.05, 0) is 18.6 Å². The van der Waals surface area contributed by atoms with Gasteiger partial charge in [-0.3, -0.25) is 14.6 Å². The largest absolute Gasteiger partial charge is 0.328 e. The van der Waals surface area contributed by atoms with Crippen LogP contribution in [0.5, 0.6) is 0 Å². The van der Waals surface area contributed by atoms with E-state index in [0.717, 1.165) is 4.47 Å². The van der Waals surface area contributed by atoms with E-state index in [9.17, 15) is 14.4 Å². The van der Waals surface area contributed by atoms with Crippen molar-refractivity contribution < 1.29 is 4.79 Å². The molecule has 1 heterocycles. The normalized spacial score (nSPS) is 10.4. The van der Waals surface area contributed by atoms with Gasteiger partial charge in [0.15, 0.2) is 5.78 Å². The number of benzene rings is 1. The molecule has 1 aromatic heterocycles. The van der Waals surface area contributed by atoms with Gasteiger partial charge in [0.05, 0.1) is 0 Å². The average molecular weight is 337 g/mol. The number of H-pyrrole nitrogens is 1. The van der Waals surface area contributed by atoms with Gasteiger partial charge >= 0.3 is 5.69 Å². The second-order valence-corrected chi connectivity index (χ2v) is 5.25. The SMILES string of the molecule is O=C(CCCn1ccc(=O)[nH]c1=O)c1ccc(Br)cc1. The summed E-state index contributed by atoms with van der Waals surface area (Å²) in [6.45, 7) is 0.401. The Morgan fingerprint density at radius 2 is 1.85 bits per heavy atom. The molecule has 0 bridgehead atoms. The fourth-order valence-electron chi connectivity index (χ4n) is 1.81. The highest BCUT2D eigenvalue weighted by molar-refractivity contribution is 9.10. The summed E-state index contributed by atoms with van der Waals surface area (Å²) < 4.78 is 2.31. The Morgan fingerprint density at radius 1 is 1.15 bits per heavy atom. The third-order valence-electron chi connectivity index (χ3n) is 2.87. The summed E-state index contributed by atoms with van der Waals surface area (Å²) >= 11 is 3.31. The van der Waals surface area contributed by atoms with Crippen molar-refractivity contribution in [1.82, 2.24) is 9.55 Å². The number of aromatic nitrogens is 2. The smallest absolute Gasteiger partial charge is 0.301 e. The number of carbonyl (C=O) groups excluding carboxylic acids is 1. The van der Waals surface area contributed by atoms with E-state index in [1.54, 1.807) is 12.1 Å². The molecule has 104 valence electrons. The molecule has 0 radical (unpaired) electrons. The lowest BCUT2D eigenvalue weighted by molar-refractivity contribution is 0.0978. The molecule has 1 N–H and O–H groups in total. The zero-order valence-electron chi connectivity index (χ0n) is 10.6. The monoisotopic (exact) mass is 336 g/mol. The van der Waals surface area contributed by atoms with E-state index < -0.39 is 11.2 Å². The molecule has 5 nitrogen and oxygen atoms in total. The van der Waals surface area contributed by atoms with Crippen molar-refractivity contribution in [3.63, 3.8) is 0 Å². The fraction of sp³-hybridized carbons (Fsp3) is 0.214. The molecule has 0 spiro atoms. The molecule has 0 amide bonds. The number of carbonyl (C=O) groups is 1. The van der Waals surface area contributed by atoms with Crippen LogP contribution in [0.4, 0.5) is 0 Å². The van der Waals surface area contributed by atoms with Crippen LogP contribution in [0.2, 0.25) is 0 Å². The van der Waals surface area contributed by atoms with Crippen LogP contribution in [-0.2, 0) is 6.54 Å². The minimum Gasteiger partial charge on any atom is -0.301 e. The number of rotatable bonds is 5. The maximum atomic E-state index is 11.9. The summed E-state index contributed by atoms with van der Waals surface area (Å²) in [5.41, 5.74) is -0.215. The van der Waals surface area contributed by atoms with Gasteiger partial charge in [-0.2, -0.15) is 0 Å². The Balaban J connectivity index is 1.92. The molecule has 0 unspecified atom stereocenters. The molecule has 0 fully saturated rings.